The SMILES string of the molecule is C=C(c1ccc(O[Si](C)(C)C)cc1)c1cccc(OC)c1. The molecule has 0 unspecified atom stereocenters. The Labute approximate surface area is 128 Å². The summed E-state index contributed by atoms with van der Waals surface area (Å²) >= 11 is 0. The highest BCUT2D eigenvalue weighted by Crippen LogP contribution is 2.26. The molecule has 0 N–H and O–H groups in total. The standard InChI is InChI=1S/C18H22O2Si/c1-14(16-7-6-8-18(13-16)19-2)15-9-11-17(12-10-15)20-21(3,4)5/h6-13H,1H2,2-5H3. The molecule has 0 saturated heterocycles. The first-order valence-corrected chi connectivity index (χ1v) is 10.4. The van der Waals surface area contributed by atoms with E-state index in [1.54, 1.807) is 7.11 Å². The Hall–Kier alpha value is -2.00. The van der Waals surface area contributed by atoms with Gasteiger partial charge in [-0.25, -0.2) is 0 Å². The first kappa shape index (κ1) is 15.4. The zero-order valence-electron chi connectivity index (χ0n) is 13.1. The number of methoxy groups -OCH3 is 1. The van der Waals surface area contributed by atoms with Crippen LogP contribution in [0.25, 0.3) is 5.57 Å². The number of benzene rings is 2. The van der Waals surface area contributed by atoms with Gasteiger partial charge in [-0.2, -0.15) is 0 Å². The Kier molecular flexibility index (Phi) is 4.53. The maximum absolute atomic E-state index is 5.97. The Morgan fingerprint density at radius 1 is 0.905 bits per heavy atom. The zero-order chi connectivity index (χ0) is 15.5. The number of ether oxygens (including phenoxy) is 1. The van der Waals surface area contributed by atoms with Crippen molar-refractivity contribution >= 4 is 13.9 Å². The smallest absolute Gasteiger partial charge is 0.242 e. The van der Waals surface area contributed by atoms with Crippen LogP contribution in [0.2, 0.25) is 19.6 Å². The molecule has 0 heterocycles. The average molecular weight is 298 g/mol. The summed E-state index contributed by atoms with van der Waals surface area (Å²) in [6.07, 6.45) is 0. The van der Waals surface area contributed by atoms with Gasteiger partial charge in [-0.1, -0.05) is 30.8 Å². The van der Waals surface area contributed by atoms with E-state index in [1.165, 1.54) is 0 Å². The molecule has 2 aromatic rings. The summed E-state index contributed by atoms with van der Waals surface area (Å²) < 4.78 is 11.2. The molecular weight excluding hydrogens is 276 g/mol. The van der Waals surface area contributed by atoms with Crippen LogP contribution in [0, 0.1) is 0 Å². The van der Waals surface area contributed by atoms with E-state index in [0.29, 0.717) is 0 Å². The molecule has 0 radical (unpaired) electrons. The summed E-state index contributed by atoms with van der Waals surface area (Å²) in [5.41, 5.74) is 3.13. The molecular formula is C18H22O2Si. The number of rotatable bonds is 5. The predicted molar refractivity (Wildman–Crippen MR) is 91.5 cm³/mol. The third kappa shape index (κ3) is 4.23. The van der Waals surface area contributed by atoms with E-state index < -0.39 is 8.32 Å². The molecule has 3 heteroatoms. The lowest BCUT2D eigenvalue weighted by molar-refractivity contribution is 0.414. The lowest BCUT2D eigenvalue weighted by Crippen LogP contribution is -2.29. The van der Waals surface area contributed by atoms with Crippen molar-refractivity contribution in [3.63, 3.8) is 0 Å². The Balaban J connectivity index is 2.19. The maximum atomic E-state index is 5.97. The molecule has 0 fully saturated rings. The molecule has 0 atom stereocenters. The molecule has 2 nitrogen and oxygen atoms in total. The van der Waals surface area contributed by atoms with Crippen LogP contribution in [-0.2, 0) is 0 Å². The highest BCUT2D eigenvalue weighted by molar-refractivity contribution is 6.70. The van der Waals surface area contributed by atoms with Crippen molar-refractivity contribution in [3.05, 3.63) is 66.2 Å². The van der Waals surface area contributed by atoms with Crippen molar-refractivity contribution in [2.24, 2.45) is 0 Å². The van der Waals surface area contributed by atoms with Crippen molar-refractivity contribution < 1.29 is 9.16 Å². The summed E-state index contributed by atoms with van der Waals surface area (Å²) in [6, 6.07) is 16.1. The Bertz CT molecular complexity index is 624. The quantitative estimate of drug-likeness (QED) is 0.726. The first-order chi connectivity index (χ1) is 9.89. The first-order valence-electron chi connectivity index (χ1n) is 7.02. The molecule has 2 rings (SSSR count). The summed E-state index contributed by atoms with van der Waals surface area (Å²) in [4.78, 5) is 0. The highest BCUT2D eigenvalue weighted by atomic mass is 28.4. The van der Waals surface area contributed by atoms with Gasteiger partial charge in [-0.05, 0) is 60.6 Å². The van der Waals surface area contributed by atoms with Crippen molar-refractivity contribution in [1.82, 2.24) is 0 Å². The van der Waals surface area contributed by atoms with Crippen LogP contribution in [0.3, 0.4) is 0 Å². The molecule has 110 valence electrons. The lowest BCUT2D eigenvalue weighted by Gasteiger charge is -2.19. The van der Waals surface area contributed by atoms with Gasteiger partial charge in [0.1, 0.15) is 11.5 Å². The van der Waals surface area contributed by atoms with Gasteiger partial charge in [0.05, 0.1) is 7.11 Å². The normalized spacial score (nSPS) is 11.0. The van der Waals surface area contributed by atoms with Gasteiger partial charge < -0.3 is 9.16 Å². The Morgan fingerprint density at radius 2 is 1.57 bits per heavy atom. The van der Waals surface area contributed by atoms with Gasteiger partial charge >= 0.3 is 0 Å². The molecule has 21 heavy (non-hydrogen) atoms. The van der Waals surface area contributed by atoms with Crippen LogP contribution in [0.15, 0.2) is 55.1 Å². The number of hydrogen-bond donors (Lipinski definition) is 0. The van der Waals surface area contributed by atoms with Gasteiger partial charge in [0.2, 0.25) is 8.32 Å². The molecule has 0 aliphatic heterocycles. The van der Waals surface area contributed by atoms with Crippen LogP contribution < -0.4 is 9.16 Å². The highest BCUT2D eigenvalue weighted by Gasteiger charge is 2.16. The third-order valence-electron chi connectivity index (χ3n) is 3.05. The second-order valence-corrected chi connectivity index (χ2v) is 10.4. The summed E-state index contributed by atoms with van der Waals surface area (Å²) in [5, 5.41) is 0. The van der Waals surface area contributed by atoms with Gasteiger partial charge in [-0.15, -0.1) is 0 Å². The summed E-state index contributed by atoms with van der Waals surface area (Å²) in [7, 11) is 0.113. The van der Waals surface area contributed by atoms with Crippen molar-refractivity contribution in [2.45, 2.75) is 19.6 Å². The largest absolute Gasteiger partial charge is 0.544 e. The molecule has 0 bridgehead atoms. The van der Waals surface area contributed by atoms with E-state index in [0.717, 1.165) is 28.2 Å². The van der Waals surface area contributed by atoms with Crippen molar-refractivity contribution in [3.8, 4) is 11.5 Å². The van der Waals surface area contributed by atoms with E-state index in [4.69, 9.17) is 9.16 Å². The molecule has 0 aliphatic rings. The fourth-order valence-electron chi connectivity index (χ4n) is 2.06. The van der Waals surface area contributed by atoms with Crippen LogP contribution in [0.4, 0.5) is 0 Å². The van der Waals surface area contributed by atoms with E-state index in [1.807, 2.05) is 36.4 Å². The van der Waals surface area contributed by atoms with Crippen LogP contribution in [-0.4, -0.2) is 15.4 Å². The Morgan fingerprint density at radius 3 is 2.14 bits per heavy atom. The van der Waals surface area contributed by atoms with E-state index >= 15 is 0 Å². The minimum absolute atomic E-state index is 0.840. The average Bonchev–Trinajstić information content (AvgIpc) is 2.46. The van der Waals surface area contributed by atoms with Crippen LogP contribution in [0.1, 0.15) is 11.1 Å². The zero-order valence-corrected chi connectivity index (χ0v) is 14.1. The van der Waals surface area contributed by atoms with Crippen molar-refractivity contribution in [2.75, 3.05) is 7.11 Å². The predicted octanol–water partition coefficient (Wildman–Crippen LogP) is 4.97. The van der Waals surface area contributed by atoms with Gasteiger partial charge in [0.15, 0.2) is 0 Å². The van der Waals surface area contributed by atoms with E-state index in [9.17, 15) is 0 Å². The fraction of sp³-hybridized carbons (Fsp3) is 0.222. The molecule has 2 aromatic carbocycles. The van der Waals surface area contributed by atoms with Gasteiger partial charge in [-0.3, -0.25) is 0 Å². The third-order valence-corrected chi connectivity index (χ3v) is 3.89. The molecule has 0 aliphatic carbocycles. The second kappa shape index (κ2) is 6.18. The van der Waals surface area contributed by atoms with Crippen LogP contribution in [0.5, 0.6) is 11.5 Å². The maximum Gasteiger partial charge on any atom is 0.242 e. The summed E-state index contributed by atoms with van der Waals surface area (Å²) in [6.45, 7) is 10.7. The minimum atomic E-state index is -1.56. The van der Waals surface area contributed by atoms with Gasteiger partial charge in [0, 0.05) is 0 Å². The minimum Gasteiger partial charge on any atom is -0.544 e. The van der Waals surface area contributed by atoms with Gasteiger partial charge in [0.25, 0.3) is 0 Å². The fourth-order valence-corrected chi connectivity index (χ4v) is 2.90. The molecule has 0 spiro atoms. The molecule has 0 saturated carbocycles. The number of hydrogen-bond acceptors (Lipinski definition) is 2. The second-order valence-electron chi connectivity index (χ2n) is 5.95. The van der Waals surface area contributed by atoms with E-state index in [2.05, 4.69) is 38.4 Å². The topological polar surface area (TPSA) is 18.5 Å². The van der Waals surface area contributed by atoms with Crippen LogP contribution >= 0.6 is 0 Å². The van der Waals surface area contributed by atoms with E-state index in [-0.39, 0.29) is 0 Å². The summed E-state index contributed by atoms with van der Waals surface area (Å²) in [5.74, 6) is 1.77. The van der Waals surface area contributed by atoms with Crippen molar-refractivity contribution in [1.29, 1.82) is 0 Å². The molecule has 0 aromatic heterocycles. The molecule has 0 amide bonds. The monoisotopic (exact) mass is 298 g/mol. The lowest BCUT2D eigenvalue weighted by atomic mass is 9.99.